The zero-order valence-corrected chi connectivity index (χ0v) is 26.3. The van der Waals surface area contributed by atoms with Crippen LogP contribution < -0.4 is 14.8 Å². The highest BCUT2D eigenvalue weighted by Crippen LogP contribution is 2.30. The zero-order chi connectivity index (χ0) is 31.1. The Kier molecular flexibility index (Phi) is 10.6. The summed E-state index contributed by atoms with van der Waals surface area (Å²) in [7, 11) is 0. The van der Waals surface area contributed by atoms with Gasteiger partial charge >= 0.3 is 5.97 Å². The molecule has 226 valence electrons. The third-order valence-corrected chi connectivity index (χ3v) is 7.50. The van der Waals surface area contributed by atoms with E-state index in [1.54, 1.807) is 18.2 Å². The second kappa shape index (κ2) is 14.2. The van der Waals surface area contributed by atoms with E-state index in [1.807, 2.05) is 38.1 Å². The molecule has 0 saturated heterocycles. The molecule has 0 aliphatic rings. The number of anilines is 1. The number of halogens is 2. The highest BCUT2D eigenvalue weighted by Gasteiger charge is 2.21. The second-order valence-corrected chi connectivity index (χ2v) is 12.7. The fourth-order valence-electron chi connectivity index (χ4n) is 4.63. The molecule has 4 rings (SSSR count). The van der Waals surface area contributed by atoms with Gasteiger partial charge in [-0.05, 0) is 79.1 Å². The summed E-state index contributed by atoms with van der Waals surface area (Å²) in [5.74, 6) is -0.753. The van der Waals surface area contributed by atoms with Gasteiger partial charge in [-0.3, -0.25) is 4.72 Å². The lowest BCUT2D eigenvalue weighted by Gasteiger charge is -2.27. The van der Waals surface area contributed by atoms with Crippen LogP contribution in [0, 0.1) is 25.1 Å². The van der Waals surface area contributed by atoms with Crippen molar-refractivity contribution in [2.45, 2.75) is 58.5 Å². The van der Waals surface area contributed by atoms with Gasteiger partial charge in [-0.2, -0.15) is 4.98 Å². The third kappa shape index (κ3) is 9.38. The van der Waals surface area contributed by atoms with Crippen molar-refractivity contribution in [3.63, 3.8) is 0 Å². The maximum absolute atomic E-state index is 14.3. The summed E-state index contributed by atoms with van der Waals surface area (Å²) < 4.78 is 23.7. The number of aromatic carboxylic acids is 1. The summed E-state index contributed by atoms with van der Waals surface area (Å²) in [6.45, 7) is 10.9. The van der Waals surface area contributed by atoms with Crippen molar-refractivity contribution >= 4 is 35.5 Å². The Morgan fingerprint density at radius 1 is 1.05 bits per heavy atom. The largest absolute Gasteiger partial charge is 0.478 e. The van der Waals surface area contributed by atoms with E-state index in [2.05, 4.69) is 40.8 Å². The molecule has 2 heterocycles. The Labute approximate surface area is 260 Å². The lowest BCUT2D eigenvalue weighted by molar-refractivity contribution is 0.0696. The molecule has 11 heteroatoms. The number of hydrogen-bond donors (Lipinski definition) is 3. The topological polar surface area (TPSA) is 109 Å². The van der Waals surface area contributed by atoms with Crippen LogP contribution in [0.15, 0.2) is 65.6 Å². The Morgan fingerprint density at radius 3 is 2.47 bits per heavy atom. The van der Waals surface area contributed by atoms with Crippen LogP contribution in [0.4, 0.5) is 10.3 Å². The van der Waals surface area contributed by atoms with Gasteiger partial charge in [0, 0.05) is 29.1 Å². The van der Waals surface area contributed by atoms with E-state index < -0.39 is 11.8 Å². The molecule has 1 atom stereocenters. The van der Waals surface area contributed by atoms with Crippen LogP contribution in [0.5, 0.6) is 5.88 Å². The summed E-state index contributed by atoms with van der Waals surface area (Å²) in [5.41, 5.74) is 4.16. The van der Waals surface area contributed by atoms with E-state index in [0.717, 1.165) is 23.1 Å². The number of pyridine rings is 1. The van der Waals surface area contributed by atoms with Gasteiger partial charge in [0.1, 0.15) is 17.6 Å². The van der Waals surface area contributed by atoms with Crippen molar-refractivity contribution in [3.05, 3.63) is 94.0 Å². The van der Waals surface area contributed by atoms with E-state index >= 15 is 0 Å². The number of rotatable bonds is 12. The second-order valence-electron chi connectivity index (χ2n) is 11.4. The first kappa shape index (κ1) is 32.2. The predicted molar refractivity (Wildman–Crippen MR) is 169 cm³/mol. The molecule has 0 fully saturated rings. The SMILES string of the molecule is Cc1cccc(C)c1-c1cc(OC[C@@H](CC(C)(C)C)NCc2nc(Cl)ccc2F)nc(NSc2cccc(C(=O)O)c2)n1. The van der Waals surface area contributed by atoms with Crippen molar-refractivity contribution in [1.82, 2.24) is 20.3 Å². The van der Waals surface area contributed by atoms with Gasteiger partial charge in [-0.25, -0.2) is 19.2 Å². The maximum Gasteiger partial charge on any atom is 0.335 e. The number of carboxylic acid groups (broad SMARTS) is 1. The zero-order valence-electron chi connectivity index (χ0n) is 24.7. The molecule has 0 amide bonds. The minimum Gasteiger partial charge on any atom is -0.478 e. The third-order valence-electron chi connectivity index (χ3n) is 6.52. The van der Waals surface area contributed by atoms with Crippen LogP contribution >= 0.6 is 23.5 Å². The lowest BCUT2D eigenvalue weighted by atomic mass is 9.88. The van der Waals surface area contributed by atoms with Gasteiger partial charge < -0.3 is 15.2 Å². The number of nitrogens with one attached hydrogen (secondary N) is 2. The van der Waals surface area contributed by atoms with E-state index in [-0.39, 0.29) is 41.0 Å². The summed E-state index contributed by atoms with van der Waals surface area (Å²) in [5, 5.41) is 12.9. The molecule has 3 N–H and O–H groups in total. The van der Waals surface area contributed by atoms with E-state index in [1.165, 1.54) is 30.1 Å². The summed E-state index contributed by atoms with van der Waals surface area (Å²) in [6, 6.07) is 17.0. The van der Waals surface area contributed by atoms with Crippen LogP contribution in [-0.4, -0.2) is 38.7 Å². The van der Waals surface area contributed by atoms with E-state index in [4.69, 9.17) is 21.3 Å². The highest BCUT2D eigenvalue weighted by molar-refractivity contribution is 8.00. The smallest absolute Gasteiger partial charge is 0.335 e. The van der Waals surface area contributed by atoms with Crippen molar-refractivity contribution in [2.75, 3.05) is 11.3 Å². The number of benzene rings is 2. The van der Waals surface area contributed by atoms with Crippen LogP contribution in [0.1, 0.15) is 54.4 Å². The van der Waals surface area contributed by atoms with Gasteiger partial charge in [0.25, 0.3) is 0 Å². The molecule has 0 saturated carbocycles. The quantitative estimate of drug-likeness (QED) is 0.108. The number of hydrogen-bond acceptors (Lipinski definition) is 8. The normalized spacial score (nSPS) is 12.2. The minimum atomic E-state index is -1.00. The first-order chi connectivity index (χ1) is 20.4. The van der Waals surface area contributed by atoms with Gasteiger partial charge in [0.05, 0.1) is 17.0 Å². The predicted octanol–water partition coefficient (Wildman–Crippen LogP) is 7.74. The summed E-state index contributed by atoms with van der Waals surface area (Å²) in [6.07, 6.45) is 0.741. The van der Waals surface area contributed by atoms with Crippen LogP contribution in [-0.2, 0) is 6.54 Å². The molecule has 43 heavy (non-hydrogen) atoms. The Morgan fingerprint density at radius 2 is 1.77 bits per heavy atom. The molecule has 2 aromatic heterocycles. The number of aryl methyl sites for hydroxylation is 2. The average Bonchev–Trinajstić information content (AvgIpc) is 2.94. The average molecular weight is 624 g/mol. The first-order valence-corrected chi connectivity index (χ1v) is 15.0. The van der Waals surface area contributed by atoms with E-state index in [0.29, 0.717) is 22.4 Å². The molecule has 0 spiro atoms. The number of nitrogens with zero attached hydrogens (tertiary/aromatic N) is 3. The fourth-order valence-corrected chi connectivity index (χ4v) is 5.42. The highest BCUT2D eigenvalue weighted by atomic mass is 35.5. The van der Waals surface area contributed by atoms with Crippen LogP contribution in [0.3, 0.4) is 0 Å². The molecular formula is C32H35ClFN5O3S. The molecule has 2 aromatic carbocycles. The monoisotopic (exact) mass is 623 g/mol. The Hall–Kier alpha value is -3.73. The molecule has 8 nitrogen and oxygen atoms in total. The standard InChI is InChI=1S/C32H35ClFN5O3S/c1-19-8-6-9-20(2)29(19)25-15-28(38-31(37-25)39-43-23-11-7-10-21(14-23)30(40)41)42-18-22(16-32(3,4)5)35-17-26-24(34)12-13-27(33)36-26/h6-15,22,35H,16-18H2,1-5H3,(H,40,41)(H,37,38,39)/t22-/m1/s1. The molecule has 0 bridgehead atoms. The minimum absolute atomic E-state index is 0.0374. The molecule has 0 radical (unpaired) electrons. The van der Waals surface area contributed by atoms with Crippen LogP contribution in [0.2, 0.25) is 5.15 Å². The summed E-state index contributed by atoms with van der Waals surface area (Å²) in [4.78, 5) is 25.6. The van der Waals surface area contributed by atoms with Crippen molar-refractivity contribution in [2.24, 2.45) is 5.41 Å². The number of carboxylic acids is 1. The fraction of sp³-hybridized carbons (Fsp3) is 0.312. The Bertz CT molecular complexity index is 1580. The molecule has 0 aliphatic carbocycles. The number of ether oxygens (including phenoxy) is 1. The summed E-state index contributed by atoms with van der Waals surface area (Å²) >= 11 is 7.20. The Balaban J connectivity index is 1.59. The van der Waals surface area contributed by atoms with Gasteiger partial charge in [-0.1, -0.05) is 56.6 Å². The molecular weight excluding hydrogens is 589 g/mol. The lowest BCUT2D eigenvalue weighted by Crippen LogP contribution is -2.38. The molecule has 4 aromatic rings. The van der Waals surface area contributed by atoms with Gasteiger partial charge in [0.2, 0.25) is 11.8 Å². The van der Waals surface area contributed by atoms with Crippen molar-refractivity contribution in [3.8, 4) is 17.1 Å². The maximum atomic E-state index is 14.3. The van der Waals surface area contributed by atoms with Crippen molar-refractivity contribution in [1.29, 1.82) is 0 Å². The number of aromatic nitrogens is 3. The number of carbonyl (C=O) groups is 1. The molecule has 0 unspecified atom stereocenters. The van der Waals surface area contributed by atoms with Gasteiger partial charge in [-0.15, -0.1) is 0 Å². The first-order valence-electron chi connectivity index (χ1n) is 13.8. The van der Waals surface area contributed by atoms with Crippen LogP contribution in [0.25, 0.3) is 11.3 Å². The van der Waals surface area contributed by atoms with Gasteiger partial charge in [0.15, 0.2) is 0 Å². The van der Waals surface area contributed by atoms with Crippen molar-refractivity contribution < 1.29 is 19.0 Å². The van der Waals surface area contributed by atoms with E-state index in [9.17, 15) is 14.3 Å². The molecule has 0 aliphatic heterocycles.